The SMILES string of the molecule is CC(=O)NCCC(=O)Nc1cccnc1C(=O)O. The second-order valence-electron chi connectivity index (χ2n) is 3.49. The van der Waals surface area contributed by atoms with Gasteiger partial charge >= 0.3 is 5.97 Å². The largest absolute Gasteiger partial charge is 0.476 e. The number of pyridine rings is 1. The first-order valence-corrected chi connectivity index (χ1v) is 5.23. The van der Waals surface area contributed by atoms with Crippen LogP contribution in [-0.4, -0.2) is 34.4 Å². The Balaban J connectivity index is 2.59. The molecule has 0 radical (unpaired) electrons. The first kappa shape index (κ1) is 13.6. The summed E-state index contributed by atoms with van der Waals surface area (Å²) in [5.41, 5.74) is -0.0804. The first-order chi connectivity index (χ1) is 8.50. The molecule has 0 unspecified atom stereocenters. The summed E-state index contributed by atoms with van der Waals surface area (Å²) in [5, 5.41) is 13.8. The molecule has 0 saturated heterocycles. The Labute approximate surface area is 103 Å². The second kappa shape index (κ2) is 6.33. The maximum Gasteiger partial charge on any atom is 0.356 e. The van der Waals surface area contributed by atoms with Crippen LogP contribution in [0.2, 0.25) is 0 Å². The predicted molar refractivity (Wildman–Crippen MR) is 63.1 cm³/mol. The highest BCUT2D eigenvalue weighted by Gasteiger charge is 2.12. The minimum Gasteiger partial charge on any atom is -0.476 e. The Hall–Kier alpha value is -2.44. The predicted octanol–water partition coefficient (Wildman–Crippen LogP) is 0.244. The summed E-state index contributed by atoms with van der Waals surface area (Å²) in [6.07, 6.45) is 1.39. The average molecular weight is 251 g/mol. The van der Waals surface area contributed by atoms with Crippen LogP contribution in [-0.2, 0) is 9.59 Å². The van der Waals surface area contributed by atoms with Crippen molar-refractivity contribution < 1.29 is 19.5 Å². The van der Waals surface area contributed by atoms with Gasteiger partial charge in [0.15, 0.2) is 5.69 Å². The van der Waals surface area contributed by atoms with Crippen LogP contribution in [0.15, 0.2) is 18.3 Å². The Bertz CT molecular complexity index is 473. The van der Waals surface area contributed by atoms with Crippen molar-refractivity contribution in [3.8, 4) is 0 Å². The molecule has 1 aromatic rings. The fourth-order valence-electron chi connectivity index (χ4n) is 1.24. The van der Waals surface area contributed by atoms with Crippen molar-refractivity contribution >= 4 is 23.5 Å². The zero-order valence-electron chi connectivity index (χ0n) is 9.77. The number of hydrogen-bond acceptors (Lipinski definition) is 4. The van der Waals surface area contributed by atoms with Gasteiger partial charge in [-0.1, -0.05) is 0 Å². The minimum absolute atomic E-state index is 0.0630. The maximum atomic E-state index is 11.5. The second-order valence-corrected chi connectivity index (χ2v) is 3.49. The molecule has 3 N–H and O–H groups in total. The lowest BCUT2D eigenvalue weighted by Gasteiger charge is -2.07. The highest BCUT2D eigenvalue weighted by Crippen LogP contribution is 2.11. The number of nitrogens with zero attached hydrogens (tertiary/aromatic N) is 1. The van der Waals surface area contributed by atoms with Gasteiger partial charge < -0.3 is 15.7 Å². The van der Waals surface area contributed by atoms with Gasteiger partial charge in [-0.2, -0.15) is 0 Å². The van der Waals surface area contributed by atoms with E-state index in [0.717, 1.165) is 0 Å². The van der Waals surface area contributed by atoms with E-state index in [4.69, 9.17) is 5.11 Å². The molecule has 96 valence electrons. The normalized spacial score (nSPS) is 9.61. The number of carbonyl (C=O) groups is 3. The molecule has 1 heterocycles. The van der Waals surface area contributed by atoms with E-state index < -0.39 is 5.97 Å². The lowest BCUT2D eigenvalue weighted by molar-refractivity contribution is -0.119. The molecule has 0 aliphatic heterocycles. The highest BCUT2D eigenvalue weighted by atomic mass is 16.4. The Morgan fingerprint density at radius 2 is 2.11 bits per heavy atom. The van der Waals surface area contributed by atoms with Gasteiger partial charge in [-0.3, -0.25) is 9.59 Å². The molecule has 0 aromatic carbocycles. The van der Waals surface area contributed by atoms with Crippen molar-refractivity contribution in [2.75, 3.05) is 11.9 Å². The zero-order valence-corrected chi connectivity index (χ0v) is 9.77. The van der Waals surface area contributed by atoms with Crippen LogP contribution in [0, 0.1) is 0 Å². The van der Waals surface area contributed by atoms with Gasteiger partial charge in [0, 0.05) is 26.1 Å². The molecule has 18 heavy (non-hydrogen) atoms. The molecular formula is C11H13N3O4. The van der Waals surface area contributed by atoms with Gasteiger partial charge in [0.05, 0.1) is 5.69 Å². The molecule has 0 bridgehead atoms. The number of hydrogen-bond donors (Lipinski definition) is 3. The molecule has 0 aliphatic rings. The summed E-state index contributed by atoms with van der Waals surface area (Å²) in [5.74, 6) is -1.83. The molecule has 0 aliphatic carbocycles. The van der Waals surface area contributed by atoms with Gasteiger partial charge in [0.2, 0.25) is 11.8 Å². The number of carboxylic acids is 1. The Kier molecular flexibility index (Phi) is 4.79. The van der Waals surface area contributed by atoms with Crippen molar-refractivity contribution in [1.29, 1.82) is 0 Å². The number of rotatable bonds is 5. The van der Waals surface area contributed by atoms with Crippen LogP contribution in [0.5, 0.6) is 0 Å². The summed E-state index contributed by atoms with van der Waals surface area (Å²) < 4.78 is 0. The molecule has 1 aromatic heterocycles. The lowest BCUT2D eigenvalue weighted by atomic mass is 10.2. The lowest BCUT2D eigenvalue weighted by Crippen LogP contribution is -2.25. The van der Waals surface area contributed by atoms with Crippen LogP contribution in [0.25, 0.3) is 0 Å². The molecule has 0 saturated carbocycles. The van der Waals surface area contributed by atoms with Crippen molar-refractivity contribution in [1.82, 2.24) is 10.3 Å². The molecule has 0 spiro atoms. The molecule has 0 atom stereocenters. The van der Waals surface area contributed by atoms with E-state index in [9.17, 15) is 14.4 Å². The summed E-state index contributed by atoms with van der Waals surface area (Å²) in [6, 6.07) is 2.97. The number of nitrogens with one attached hydrogen (secondary N) is 2. The third kappa shape index (κ3) is 4.20. The number of carboxylic acid groups (broad SMARTS) is 1. The Morgan fingerprint density at radius 1 is 1.39 bits per heavy atom. The monoisotopic (exact) mass is 251 g/mol. The number of amides is 2. The smallest absolute Gasteiger partial charge is 0.356 e. The molecule has 2 amide bonds. The summed E-state index contributed by atoms with van der Waals surface area (Å²) in [6.45, 7) is 1.55. The topological polar surface area (TPSA) is 108 Å². The molecule has 1 rings (SSSR count). The van der Waals surface area contributed by atoms with E-state index in [1.54, 1.807) is 0 Å². The van der Waals surface area contributed by atoms with Crippen molar-refractivity contribution in [3.63, 3.8) is 0 Å². The third-order valence-electron chi connectivity index (χ3n) is 2.01. The van der Waals surface area contributed by atoms with Crippen LogP contribution < -0.4 is 10.6 Å². The summed E-state index contributed by atoms with van der Waals surface area (Å²) in [7, 11) is 0. The summed E-state index contributed by atoms with van der Waals surface area (Å²) >= 11 is 0. The van der Waals surface area contributed by atoms with Gasteiger partial charge in [-0.25, -0.2) is 9.78 Å². The quantitative estimate of drug-likeness (QED) is 0.694. The van der Waals surface area contributed by atoms with Gasteiger partial charge in [-0.05, 0) is 12.1 Å². The highest BCUT2D eigenvalue weighted by molar-refractivity contribution is 5.99. The molecule has 0 fully saturated rings. The van der Waals surface area contributed by atoms with Gasteiger partial charge in [0.1, 0.15) is 0 Å². The number of anilines is 1. The number of carbonyl (C=O) groups excluding carboxylic acids is 2. The fourth-order valence-corrected chi connectivity index (χ4v) is 1.24. The maximum absolute atomic E-state index is 11.5. The van der Waals surface area contributed by atoms with E-state index >= 15 is 0 Å². The molecular weight excluding hydrogens is 238 g/mol. The van der Waals surface area contributed by atoms with Gasteiger partial charge in [-0.15, -0.1) is 0 Å². The van der Waals surface area contributed by atoms with Crippen LogP contribution >= 0.6 is 0 Å². The van der Waals surface area contributed by atoms with Crippen LogP contribution in [0.4, 0.5) is 5.69 Å². The first-order valence-electron chi connectivity index (χ1n) is 5.23. The third-order valence-corrected chi connectivity index (χ3v) is 2.01. The van der Waals surface area contributed by atoms with Crippen LogP contribution in [0.1, 0.15) is 23.8 Å². The van der Waals surface area contributed by atoms with Crippen molar-refractivity contribution in [3.05, 3.63) is 24.0 Å². The van der Waals surface area contributed by atoms with E-state index in [1.807, 2.05) is 0 Å². The standard InChI is InChI=1S/C11H13N3O4/c1-7(15)12-6-4-9(16)14-8-3-2-5-13-10(8)11(17)18/h2-3,5H,4,6H2,1H3,(H,12,15)(H,14,16)(H,17,18). The zero-order chi connectivity index (χ0) is 13.5. The van der Waals surface area contributed by atoms with Gasteiger partial charge in [0.25, 0.3) is 0 Å². The molecule has 7 heteroatoms. The van der Waals surface area contributed by atoms with E-state index in [2.05, 4.69) is 15.6 Å². The van der Waals surface area contributed by atoms with Crippen molar-refractivity contribution in [2.45, 2.75) is 13.3 Å². The molecule has 7 nitrogen and oxygen atoms in total. The van der Waals surface area contributed by atoms with E-state index in [0.29, 0.717) is 0 Å². The average Bonchev–Trinajstić information content (AvgIpc) is 2.28. The number of aromatic carboxylic acids is 1. The van der Waals surface area contributed by atoms with Crippen molar-refractivity contribution in [2.24, 2.45) is 0 Å². The number of aromatic nitrogens is 1. The minimum atomic E-state index is -1.22. The van der Waals surface area contributed by atoms with Crippen LogP contribution in [0.3, 0.4) is 0 Å². The fraction of sp³-hybridized carbons (Fsp3) is 0.273. The Morgan fingerprint density at radius 3 is 2.72 bits per heavy atom. The van der Waals surface area contributed by atoms with E-state index in [1.165, 1.54) is 25.3 Å². The summed E-state index contributed by atoms with van der Waals surface area (Å²) in [4.78, 5) is 36.6. The van der Waals surface area contributed by atoms with E-state index in [-0.39, 0.29) is 36.2 Å².